The Labute approximate surface area is 175 Å². The molecule has 0 bridgehead atoms. The molecule has 4 rings (SSSR count). The quantitative estimate of drug-likeness (QED) is 0.481. The van der Waals surface area contributed by atoms with E-state index in [0.29, 0.717) is 5.69 Å². The summed E-state index contributed by atoms with van der Waals surface area (Å²) in [7, 11) is 0. The minimum Gasteiger partial charge on any atom is -0.544 e. The normalized spacial score (nSPS) is 12.4. The summed E-state index contributed by atoms with van der Waals surface area (Å²) in [6, 6.07) is 29.9. The van der Waals surface area contributed by atoms with Gasteiger partial charge in [-0.1, -0.05) is 91.0 Å². The van der Waals surface area contributed by atoms with Crippen molar-refractivity contribution >= 4 is 5.97 Å². The zero-order chi connectivity index (χ0) is 21.0. The highest BCUT2D eigenvalue weighted by atomic mass is 16.4. The fourth-order valence-electron chi connectivity index (χ4n) is 3.97. The van der Waals surface area contributed by atoms with Crippen molar-refractivity contribution < 1.29 is 15.6 Å². The Balaban J connectivity index is 1.97. The second-order valence-corrected chi connectivity index (χ2v) is 7.30. The molecule has 150 valence electrons. The molecule has 3 N–H and O–H groups in total. The van der Waals surface area contributed by atoms with Crippen LogP contribution in [0.1, 0.15) is 22.4 Å². The van der Waals surface area contributed by atoms with Crippen molar-refractivity contribution in [2.45, 2.75) is 18.0 Å². The second-order valence-electron chi connectivity index (χ2n) is 7.30. The summed E-state index contributed by atoms with van der Waals surface area (Å²) in [5, 5.41) is 11.2. The smallest absolute Gasteiger partial charge is 0.130 e. The van der Waals surface area contributed by atoms with E-state index in [0.717, 1.165) is 16.7 Å². The fourth-order valence-corrected chi connectivity index (χ4v) is 3.97. The molecule has 0 saturated heterocycles. The second kappa shape index (κ2) is 8.35. The number of hydrogen-bond acceptors (Lipinski definition) is 3. The maximum absolute atomic E-state index is 11.2. The minimum absolute atomic E-state index is 0.212. The number of aliphatic carboxylic acids is 1. The van der Waals surface area contributed by atoms with E-state index in [4.69, 9.17) is 0 Å². The van der Waals surface area contributed by atoms with Gasteiger partial charge in [0.2, 0.25) is 0 Å². The Bertz CT molecular complexity index is 1010. The summed E-state index contributed by atoms with van der Waals surface area (Å²) in [6.45, 7) is 0. The molecule has 5 heteroatoms. The van der Waals surface area contributed by atoms with Gasteiger partial charge in [-0.25, -0.2) is 4.98 Å². The molecule has 5 nitrogen and oxygen atoms in total. The fraction of sp³-hybridized carbons (Fsp3) is 0.120. The molecule has 1 atom stereocenters. The van der Waals surface area contributed by atoms with Gasteiger partial charge >= 0.3 is 0 Å². The maximum atomic E-state index is 11.2. The van der Waals surface area contributed by atoms with Crippen molar-refractivity contribution in [2.24, 2.45) is 0 Å². The van der Waals surface area contributed by atoms with Gasteiger partial charge in [0.1, 0.15) is 11.6 Å². The van der Waals surface area contributed by atoms with E-state index in [1.807, 2.05) is 60.8 Å². The number of hydrogen-bond donors (Lipinski definition) is 1. The SMILES string of the molecule is [NH3+][C@H](Cc1cn(C(c2ccccc2)(c2ccccc2)c2ccccc2)cn1)C(=O)[O-]. The van der Waals surface area contributed by atoms with Crippen LogP contribution in [-0.2, 0) is 16.8 Å². The number of benzene rings is 3. The summed E-state index contributed by atoms with van der Waals surface area (Å²) in [5.41, 5.74) is 6.91. The first kappa shape index (κ1) is 19.6. The molecule has 1 aromatic heterocycles. The lowest BCUT2D eigenvalue weighted by molar-refractivity contribution is -0.437. The van der Waals surface area contributed by atoms with Gasteiger partial charge in [-0.15, -0.1) is 0 Å². The van der Waals surface area contributed by atoms with Crippen LogP contribution in [0.3, 0.4) is 0 Å². The third kappa shape index (κ3) is 3.51. The number of quaternary nitrogens is 1. The number of carbonyl (C=O) groups is 1. The van der Waals surface area contributed by atoms with Crippen molar-refractivity contribution in [3.63, 3.8) is 0 Å². The van der Waals surface area contributed by atoms with E-state index < -0.39 is 17.6 Å². The molecule has 0 aliphatic carbocycles. The topological polar surface area (TPSA) is 85.6 Å². The Kier molecular flexibility index (Phi) is 5.46. The van der Waals surface area contributed by atoms with Crippen LogP contribution in [0.25, 0.3) is 0 Å². The van der Waals surface area contributed by atoms with E-state index in [-0.39, 0.29) is 6.42 Å². The van der Waals surface area contributed by atoms with Crippen molar-refractivity contribution in [1.82, 2.24) is 9.55 Å². The molecular formula is C25H23N3O2. The van der Waals surface area contributed by atoms with Gasteiger partial charge in [-0.05, 0) is 16.7 Å². The molecule has 0 aliphatic heterocycles. The number of aromatic nitrogens is 2. The Morgan fingerprint density at radius 3 is 1.70 bits per heavy atom. The average Bonchev–Trinajstić information content (AvgIpc) is 3.25. The first-order valence-corrected chi connectivity index (χ1v) is 9.86. The zero-order valence-electron chi connectivity index (χ0n) is 16.5. The number of nitrogens with zero attached hydrogens (tertiary/aromatic N) is 2. The Morgan fingerprint density at radius 1 is 0.867 bits per heavy atom. The van der Waals surface area contributed by atoms with Crippen LogP contribution in [-0.4, -0.2) is 21.6 Å². The average molecular weight is 397 g/mol. The van der Waals surface area contributed by atoms with Gasteiger partial charge in [-0.3, -0.25) is 0 Å². The summed E-state index contributed by atoms with van der Waals surface area (Å²) >= 11 is 0. The first-order valence-electron chi connectivity index (χ1n) is 9.86. The van der Waals surface area contributed by atoms with E-state index in [1.54, 1.807) is 6.33 Å². The minimum atomic E-state index is -1.18. The molecule has 30 heavy (non-hydrogen) atoms. The van der Waals surface area contributed by atoms with Crippen LogP contribution < -0.4 is 10.8 Å². The molecule has 4 aromatic rings. The van der Waals surface area contributed by atoms with Gasteiger partial charge in [0.15, 0.2) is 0 Å². The third-order valence-electron chi connectivity index (χ3n) is 5.39. The van der Waals surface area contributed by atoms with E-state index in [2.05, 4.69) is 51.7 Å². The molecule has 0 aliphatic rings. The van der Waals surface area contributed by atoms with Crippen LogP contribution in [0.15, 0.2) is 104 Å². The standard InChI is InChI=1S/C25H23N3O2/c26-23(24(29)30)16-22-17-28(18-27-22)25(19-10-4-1-5-11-19,20-12-6-2-7-13-20)21-14-8-3-9-15-21/h1-15,17-18,23H,16,26H2,(H,29,30)/t23-/m1/s1. The molecule has 0 saturated carbocycles. The van der Waals surface area contributed by atoms with Crippen molar-refractivity contribution in [2.75, 3.05) is 0 Å². The van der Waals surface area contributed by atoms with Crippen LogP contribution in [0.5, 0.6) is 0 Å². The predicted octanol–water partition coefficient (Wildman–Crippen LogP) is 1.63. The lowest BCUT2D eigenvalue weighted by Gasteiger charge is -2.37. The van der Waals surface area contributed by atoms with E-state index in [1.165, 1.54) is 0 Å². The van der Waals surface area contributed by atoms with Gasteiger partial charge in [-0.2, -0.15) is 0 Å². The highest BCUT2D eigenvalue weighted by Gasteiger charge is 2.38. The van der Waals surface area contributed by atoms with Crippen LogP contribution in [0.2, 0.25) is 0 Å². The number of carbonyl (C=O) groups excluding carboxylic acids is 1. The van der Waals surface area contributed by atoms with Gasteiger partial charge < -0.3 is 20.2 Å². The number of carboxylic acid groups (broad SMARTS) is 1. The first-order chi connectivity index (χ1) is 14.6. The van der Waals surface area contributed by atoms with Crippen molar-refractivity contribution in [3.05, 3.63) is 126 Å². The molecule has 3 aromatic carbocycles. The summed E-state index contributed by atoms with van der Waals surface area (Å²) in [6.07, 6.45) is 3.89. The van der Waals surface area contributed by atoms with Crippen molar-refractivity contribution in [1.29, 1.82) is 0 Å². The lowest BCUT2D eigenvalue weighted by atomic mass is 9.77. The molecular weight excluding hydrogens is 374 g/mol. The third-order valence-corrected chi connectivity index (χ3v) is 5.39. The van der Waals surface area contributed by atoms with E-state index in [9.17, 15) is 9.90 Å². The van der Waals surface area contributed by atoms with Crippen molar-refractivity contribution in [3.8, 4) is 0 Å². The van der Waals surface area contributed by atoms with Crippen LogP contribution in [0, 0.1) is 0 Å². The largest absolute Gasteiger partial charge is 0.544 e. The lowest BCUT2D eigenvalue weighted by Crippen LogP contribution is -2.69. The monoisotopic (exact) mass is 397 g/mol. The van der Waals surface area contributed by atoms with Gasteiger partial charge in [0.05, 0.1) is 18.0 Å². The van der Waals surface area contributed by atoms with Gasteiger partial charge in [0.25, 0.3) is 0 Å². The molecule has 0 unspecified atom stereocenters. The maximum Gasteiger partial charge on any atom is 0.130 e. The number of carboxylic acids is 1. The molecule has 0 fully saturated rings. The Hall–Kier alpha value is -3.70. The van der Waals surface area contributed by atoms with Crippen LogP contribution >= 0.6 is 0 Å². The summed E-state index contributed by atoms with van der Waals surface area (Å²) in [5.74, 6) is -1.18. The van der Waals surface area contributed by atoms with Gasteiger partial charge in [0, 0.05) is 12.6 Å². The van der Waals surface area contributed by atoms with Crippen LogP contribution in [0.4, 0.5) is 0 Å². The summed E-state index contributed by atoms with van der Waals surface area (Å²) < 4.78 is 2.06. The van der Waals surface area contributed by atoms with E-state index >= 15 is 0 Å². The summed E-state index contributed by atoms with van der Waals surface area (Å²) in [4.78, 5) is 15.7. The molecule has 1 heterocycles. The zero-order valence-corrected chi connectivity index (χ0v) is 16.5. The molecule has 0 radical (unpaired) electrons. The highest BCUT2D eigenvalue weighted by molar-refractivity contribution is 5.69. The Morgan fingerprint density at radius 2 is 1.30 bits per heavy atom. The number of rotatable bonds is 7. The highest BCUT2D eigenvalue weighted by Crippen LogP contribution is 2.40. The molecule has 0 spiro atoms. The predicted molar refractivity (Wildman–Crippen MR) is 112 cm³/mol. The molecule has 0 amide bonds. The number of imidazole rings is 1.